The third-order valence-corrected chi connectivity index (χ3v) is 5.35. The van der Waals surface area contributed by atoms with Gasteiger partial charge in [0.1, 0.15) is 17.7 Å². The molecule has 1 aromatic heterocycles. The number of carbonyl (C=O) groups is 2. The number of rotatable bonds is 5. The van der Waals surface area contributed by atoms with Crippen LogP contribution in [0.15, 0.2) is 16.7 Å². The smallest absolute Gasteiger partial charge is 0.278 e. The van der Waals surface area contributed by atoms with Gasteiger partial charge in [-0.1, -0.05) is 5.16 Å². The third kappa shape index (κ3) is 3.86. The zero-order valence-electron chi connectivity index (χ0n) is 16.0. The zero-order valence-corrected chi connectivity index (χ0v) is 16.0. The summed E-state index contributed by atoms with van der Waals surface area (Å²) in [5.41, 5.74) is -0.993. The molecule has 0 aliphatic carbocycles. The Morgan fingerprint density at radius 2 is 1.84 bits per heavy atom. The molecule has 1 aromatic carbocycles. The van der Waals surface area contributed by atoms with Gasteiger partial charge in [0.05, 0.1) is 11.3 Å². The minimum Gasteiger partial charge on any atom is -0.341 e. The molecule has 0 N–H and O–H groups in total. The Morgan fingerprint density at radius 3 is 2.52 bits per heavy atom. The molecule has 1 unspecified atom stereocenters. The van der Waals surface area contributed by atoms with Crippen molar-refractivity contribution in [1.82, 2.24) is 15.0 Å². The van der Waals surface area contributed by atoms with Crippen molar-refractivity contribution in [3.05, 3.63) is 29.7 Å². The Morgan fingerprint density at radius 1 is 1.13 bits per heavy atom. The molecule has 2 aromatic rings. The van der Waals surface area contributed by atoms with E-state index in [9.17, 15) is 31.5 Å². The fraction of sp³-hybridized carbons (Fsp3) is 0.474. The molecule has 2 aliphatic heterocycles. The maximum absolute atomic E-state index is 14.9. The van der Waals surface area contributed by atoms with Crippen molar-refractivity contribution in [1.29, 1.82) is 0 Å². The van der Waals surface area contributed by atoms with Gasteiger partial charge in [-0.15, -0.1) is 0 Å². The van der Waals surface area contributed by atoms with Crippen molar-refractivity contribution in [2.24, 2.45) is 0 Å². The molecule has 0 saturated carbocycles. The first-order valence-corrected chi connectivity index (χ1v) is 9.64. The molecule has 31 heavy (non-hydrogen) atoms. The Kier molecular flexibility index (Phi) is 5.63. The van der Waals surface area contributed by atoms with Crippen LogP contribution in [0.5, 0.6) is 0 Å². The van der Waals surface area contributed by atoms with E-state index in [4.69, 9.17) is 0 Å². The van der Waals surface area contributed by atoms with Crippen LogP contribution in [-0.2, 0) is 9.59 Å². The van der Waals surface area contributed by atoms with E-state index < -0.39 is 59.1 Å². The number of benzene rings is 1. The van der Waals surface area contributed by atoms with E-state index in [1.165, 1.54) is 0 Å². The van der Waals surface area contributed by atoms with E-state index in [1.807, 2.05) is 0 Å². The Hall–Kier alpha value is -3.05. The largest absolute Gasteiger partial charge is 0.341 e. The van der Waals surface area contributed by atoms with E-state index in [-0.39, 0.29) is 18.7 Å². The van der Waals surface area contributed by atoms with E-state index in [1.54, 1.807) is 4.90 Å². The lowest BCUT2D eigenvalue weighted by Gasteiger charge is -2.28. The topological polar surface area (TPSA) is 79.5 Å². The lowest BCUT2D eigenvalue weighted by molar-refractivity contribution is -0.132. The van der Waals surface area contributed by atoms with Gasteiger partial charge in [-0.05, 0) is 25.3 Å². The van der Waals surface area contributed by atoms with Crippen molar-refractivity contribution in [3.63, 3.8) is 0 Å². The van der Waals surface area contributed by atoms with Gasteiger partial charge in [-0.25, -0.2) is 22.0 Å². The first-order valence-electron chi connectivity index (χ1n) is 9.64. The van der Waals surface area contributed by atoms with Crippen LogP contribution in [-0.4, -0.2) is 52.4 Å². The molecule has 0 spiro atoms. The minimum atomic E-state index is -3.43. The number of aromatic nitrogens is 2. The fourth-order valence-corrected chi connectivity index (χ4v) is 3.82. The van der Waals surface area contributed by atoms with Crippen molar-refractivity contribution < 1.29 is 36.1 Å². The van der Waals surface area contributed by atoms with Crippen LogP contribution in [0.3, 0.4) is 0 Å². The lowest BCUT2D eigenvalue weighted by atomic mass is 10.1. The van der Waals surface area contributed by atoms with Crippen molar-refractivity contribution in [3.8, 4) is 11.4 Å². The van der Waals surface area contributed by atoms with Gasteiger partial charge in [-0.2, -0.15) is 4.98 Å². The SMILES string of the molecule is O=C([C@@H]1CCC(=O)N1c1cc(F)c(-c2noc(C(F)C(F)F)n2)cc1F)N1CCCC1. The van der Waals surface area contributed by atoms with Crippen LogP contribution >= 0.6 is 0 Å². The number of alkyl halides is 3. The van der Waals surface area contributed by atoms with Crippen LogP contribution in [0.1, 0.15) is 37.7 Å². The highest BCUT2D eigenvalue weighted by Crippen LogP contribution is 2.35. The molecule has 3 heterocycles. The molecule has 166 valence electrons. The van der Waals surface area contributed by atoms with E-state index in [0.717, 1.165) is 17.7 Å². The number of halogens is 5. The summed E-state index contributed by atoms with van der Waals surface area (Å²) in [5.74, 6) is -4.69. The second kappa shape index (κ2) is 8.23. The third-order valence-electron chi connectivity index (χ3n) is 5.35. The highest BCUT2D eigenvalue weighted by Gasteiger charge is 2.41. The predicted octanol–water partition coefficient (Wildman–Crippen LogP) is 3.41. The van der Waals surface area contributed by atoms with Crippen LogP contribution in [0.2, 0.25) is 0 Å². The molecule has 7 nitrogen and oxygen atoms in total. The highest BCUT2D eigenvalue weighted by atomic mass is 19.3. The van der Waals surface area contributed by atoms with Crippen LogP contribution in [0.25, 0.3) is 11.4 Å². The van der Waals surface area contributed by atoms with Gasteiger partial charge in [0.25, 0.3) is 12.3 Å². The Labute approximate surface area is 172 Å². The summed E-state index contributed by atoms with van der Waals surface area (Å²) in [5, 5.41) is 3.22. The van der Waals surface area contributed by atoms with Crippen LogP contribution in [0, 0.1) is 11.6 Å². The minimum absolute atomic E-state index is 0.00672. The second-order valence-electron chi connectivity index (χ2n) is 7.33. The molecule has 2 saturated heterocycles. The number of amides is 2. The lowest BCUT2D eigenvalue weighted by Crippen LogP contribution is -2.46. The van der Waals surface area contributed by atoms with Gasteiger partial charge in [0, 0.05) is 25.6 Å². The monoisotopic (exact) mass is 444 g/mol. The molecular formula is C19H17F5N4O3. The summed E-state index contributed by atoms with van der Waals surface area (Å²) in [6.07, 6.45) is -4.44. The highest BCUT2D eigenvalue weighted by molar-refractivity contribution is 6.04. The molecular weight excluding hydrogens is 427 g/mol. The normalized spacial score (nSPS) is 20.2. The van der Waals surface area contributed by atoms with Gasteiger partial charge in [0.2, 0.25) is 23.8 Å². The van der Waals surface area contributed by atoms with Gasteiger partial charge < -0.3 is 9.42 Å². The quantitative estimate of drug-likeness (QED) is 0.661. The summed E-state index contributed by atoms with van der Waals surface area (Å²) in [6.45, 7) is 1.09. The number of carbonyl (C=O) groups excluding carboxylic acids is 2. The second-order valence-corrected chi connectivity index (χ2v) is 7.33. The molecule has 0 radical (unpaired) electrons. The summed E-state index contributed by atoms with van der Waals surface area (Å²) in [4.78, 5) is 31.0. The standard InChI is InChI=1S/C19H17F5N4O3/c20-10-8-13(28-12(3-4-14(28)29)19(30)27-5-1-2-6-27)11(21)7-9(10)17-25-18(31-26-17)15(22)16(23)24/h7-8,12,15-16H,1-6H2/t12-,15?/m0/s1. The molecule has 12 heteroatoms. The van der Waals surface area contributed by atoms with Gasteiger partial charge >= 0.3 is 0 Å². The van der Waals surface area contributed by atoms with Crippen LogP contribution < -0.4 is 4.90 Å². The van der Waals surface area contributed by atoms with E-state index in [0.29, 0.717) is 25.2 Å². The number of hydrogen-bond donors (Lipinski definition) is 0. The Bertz CT molecular complexity index is 1010. The molecule has 0 bridgehead atoms. The molecule has 2 amide bonds. The number of anilines is 1. The first kappa shape index (κ1) is 21.2. The predicted molar refractivity (Wildman–Crippen MR) is 95.8 cm³/mol. The first-order chi connectivity index (χ1) is 14.8. The van der Waals surface area contributed by atoms with Crippen molar-refractivity contribution >= 4 is 17.5 Å². The molecule has 2 atom stereocenters. The molecule has 4 rings (SSSR count). The fourth-order valence-electron chi connectivity index (χ4n) is 3.82. The zero-order chi connectivity index (χ0) is 22.3. The molecule has 2 fully saturated rings. The summed E-state index contributed by atoms with van der Waals surface area (Å²) >= 11 is 0. The number of nitrogens with zero attached hydrogens (tertiary/aromatic N) is 4. The summed E-state index contributed by atoms with van der Waals surface area (Å²) in [7, 11) is 0. The van der Waals surface area contributed by atoms with E-state index >= 15 is 0 Å². The average Bonchev–Trinajstić information content (AvgIpc) is 3.49. The van der Waals surface area contributed by atoms with E-state index in [2.05, 4.69) is 14.7 Å². The van der Waals surface area contributed by atoms with Gasteiger partial charge in [0.15, 0.2) is 0 Å². The van der Waals surface area contributed by atoms with Gasteiger partial charge in [-0.3, -0.25) is 14.5 Å². The Balaban J connectivity index is 1.65. The maximum atomic E-state index is 14.9. The molecule has 2 aliphatic rings. The van der Waals surface area contributed by atoms with Crippen molar-refractivity contribution in [2.75, 3.05) is 18.0 Å². The number of hydrogen-bond acceptors (Lipinski definition) is 5. The number of likely N-dealkylation sites (tertiary alicyclic amines) is 1. The summed E-state index contributed by atoms with van der Waals surface area (Å²) in [6, 6.07) is 0.409. The van der Waals surface area contributed by atoms with Crippen LogP contribution in [0.4, 0.5) is 27.6 Å². The summed E-state index contributed by atoms with van der Waals surface area (Å²) < 4.78 is 72.2. The maximum Gasteiger partial charge on any atom is 0.278 e. The average molecular weight is 444 g/mol. The van der Waals surface area contributed by atoms with Crippen molar-refractivity contribution in [2.45, 2.75) is 44.3 Å².